The van der Waals surface area contributed by atoms with Gasteiger partial charge < -0.3 is 29.8 Å². The number of aromatic amines is 1. The fraction of sp³-hybridized carbons (Fsp3) is 0.367. The molecule has 2 aromatic carbocycles. The number of amides is 2. The summed E-state index contributed by atoms with van der Waals surface area (Å²) in [5.41, 5.74) is 0.689. The van der Waals surface area contributed by atoms with Gasteiger partial charge >= 0.3 is 18.6 Å². The Labute approximate surface area is 255 Å². The van der Waals surface area contributed by atoms with Gasteiger partial charge in [-0.1, -0.05) is 29.3 Å². The second-order valence-electron chi connectivity index (χ2n) is 10.6. The quantitative estimate of drug-likeness (QED) is 0.179. The molecule has 2 aliphatic rings. The number of esters is 1. The van der Waals surface area contributed by atoms with Gasteiger partial charge in [0.25, 0.3) is 5.56 Å². The van der Waals surface area contributed by atoms with E-state index in [1.54, 1.807) is 12.1 Å². The Kier molecular flexibility index (Phi) is 9.72. The molecule has 0 radical (unpaired) electrons. The van der Waals surface area contributed by atoms with Gasteiger partial charge in [0.2, 0.25) is 0 Å². The number of urea groups is 1. The smallest absolute Gasteiger partial charge is 0.387 e. The molecule has 1 unspecified atom stereocenters. The van der Waals surface area contributed by atoms with E-state index in [0.717, 1.165) is 25.7 Å². The highest BCUT2D eigenvalue weighted by Crippen LogP contribution is 2.38. The fourth-order valence-electron chi connectivity index (χ4n) is 4.27. The summed E-state index contributed by atoms with van der Waals surface area (Å²) in [5, 5.41) is 5.48. The first-order valence-corrected chi connectivity index (χ1v) is 14.5. The molecule has 3 aromatic rings. The number of ether oxygens (including phenoxy) is 3. The summed E-state index contributed by atoms with van der Waals surface area (Å²) in [4.78, 5) is 40.0. The van der Waals surface area contributed by atoms with Gasteiger partial charge in [-0.05, 0) is 79.5 Å². The van der Waals surface area contributed by atoms with Crippen LogP contribution in [0.1, 0.15) is 53.3 Å². The predicted octanol–water partition coefficient (Wildman–Crippen LogP) is 6.74. The standard InChI is InChI=1S/C30H29Cl2F2N3O6/c31-22-14-35-27(38)26(32)21(22)12-24(19-7-10-23(43-29(33)34)25(11-19)41-15-17-3-4-17)42-28(39)18-5-8-20(9-6-18)37-30(40)36-13-16-1-2-16/h5-11,14,16-17,24,29H,1-4,12-13,15H2,(H,35,38)(H2,36,37,40). The predicted molar refractivity (Wildman–Crippen MR) is 156 cm³/mol. The van der Waals surface area contributed by atoms with Crippen molar-refractivity contribution in [2.75, 3.05) is 18.5 Å². The van der Waals surface area contributed by atoms with Crippen molar-refractivity contribution in [2.24, 2.45) is 11.8 Å². The zero-order valence-corrected chi connectivity index (χ0v) is 24.4. The Balaban J connectivity index is 1.38. The zero-order valence-electron chi connectivity index (χ0n) is 22.8. The van der Waals surface area contributed by atoms with E-state index in [0.29, 0.717) is 36.2 Å². The lowest BCUT2D eigenvalue weighted by atomic mass is 10.0. The number of anilines is 1. The van der Waals surface area contributed by atoms with Crippen LogP contribution in [-0.2, 0) is 11.2 Å². The number of H-pyrrole nitrogens is 1. The Morgan fingerprint density at radius 3 is 2.40 bits per heavy atom. The molecule has 13 heteroatoms. The van der Waals surface area contributed by atoms with Gasteiger partial charge in [-0.25, -0.2) is 9.59 Å². The van der Waals surface area contributed by atoms with E-state index in [1.807, 2.05) is 0 Å². The van der Waals surface area contributed by atoms with Crippen LogP contribution in [0.4, 0.5) is 19.3 Å². The number of hydrogen-bond donors (Lipinski definition) is 3. The van der Waals surface area contributed by atoms with E-state index in [1.165, 1.54) is 36.5 Å². The number of rotatable bonds is 13. The summed E-state index contributed by atoms with van der Waals surface area (Å²) in [6.07, 6.45) is 4.29. The summed E-state index contributed by atoms with van der Waals surface area (Å²) < 4.78 is 42.5. The molecule has 2 saturated carbocycles. The topological polar surface area (TPSA) is 119 Å². The Morgan fingerprint density at radius 2 is 1.72 bits per heavy atom. The molecule has 2 aliphatic carbocycles. The number of aromatic nitrogens is 1. The minimum Gasteiger partial charge on any atom is -0.489 e. The van der Waals surface area contributed by atoms with Crippen molar-refractivity contribution in [1.82, 2.24) is 10.3 Å². The van der Waals surface area contributed by atoms with Crippen LogP contribution in [0, 0.1) is 11.8 Å². The van der Waals surface area contributed by atoms with E-state index in [2.05, 4.69) is 20.4 Å². The first-order chi connectivity index (χ1) is 20.7. The molecule has 0 spiro atoms. The van der Waals surface area contributed by atoms with Crippen LogP contribution in [0.25, 0.3) is 0 Å². The molecule has 228 valence electrons. The lowest BCUT2D eigenvalue weighted by molar-refractivity contribution is -0.0515. The monoisotopic (exact) mass is 635 g/mol. The van der Waals surface area contributed by atoms with Crippen molar-refractivity contribution in [3.05, 3.63) is 85.8 Å². The van der Waals surface area contributed by atoms with Crippen molar-refractivity contribution in [1.29, 1.82) is 0 Å². The molecule has 2 amide bonds. The van der Waals surface area contributed by atoms with E-state index in [4.69, 9.17) is 32.7 Å². The molecule has 0 bridgehead atoms. The average Bonchev–Trinajstić information content (AvgIpc) is 3.91. The van der Waals surface area contributed by atoms with E-state index in [9.17, 15) is 23.2 Å². The van der Waals surface area contributed by atoms with Crippen LogP contribution < -0.4 is 25.7 Å². The normalized spacial score (nSPS) is 15.1. The minimum absolute atomic E-state index is 0.0595. The molecule has 1 atom stereocenters. The van der Waals surface area contributed by atoms with Crippen LogP contribution in [0.2, 0.25) is 10.0 Å². The van der Waals surface area contributed by atoms with Gasteiger partial charge in [-0.15, -0.1) is 0 Å². The second kappa shape index (κ2) is 13.6. The van der Waals surface area contributed by atoms with Gasteiger partial charge in [0.05, 0.1) is 17.2 Å². The van der Waals surface area contributed by atoms with E-state index >= 15 is 0 Å². The number of pyridine rings is 1. The van der Waals surface area contributed by atoms with Crippen molar-refractivity contribution in [3.8, 4) is 11.5 Å². The third-order valence-electron chi connectivity index (χ3n) is 7.08. The van der Waals surface area contributed by atoms with Gasteiger partial charge in [0.1, 0.15) is 11.1 Å². The number of halogens is 4. The van der Waals surface area contributed by atoms with Gasteiger partial charge in [0, 0.05) is 30.4 Å². The molecule has 0 aliphatic heterocycles. The number of alkyl halides is 2. The molecular weight excluding hydrogens is 607 g/mol. The van der Waals surface area contributed by atoms with Gasteiger partial charge in [-0.2, -0.15) is 8.78 Å². The number of hydrogen-bond acceptors (Lipinski definition) is 6. The van der Waals surface area contributed by atoms with Gasteiger partial charge in [-0.3, -0.25) is 4.79 Å². The van der Waals surface area contributed by atoms with Crippen LogP contribution in [0.3, 0.4) is 0 Å². The molecule has 2 fully saturated rings. The van der Waals surface area contributed by atoms with E-state index < -0.39 is 24.2 Å². The Hall–Kier alpha value is -3.83. The van der Waals surface area contributed by atoms with Crippen molar-refractivity contribution in [3.63, 3.8) is 0 Å². The second-order valence-corrected chi connectivity index (χ2v) is 11.3. The molecule has 0 saturated heterocycles. The number of carbonyl (C=O) groups excluding carboxylic acids is 2. The SMILES string of the molecule is O=C(NCC1CC1)Nc1ccc(C(=O)OC(Cc2c(Cl)c[nH]c(=O)c2Cl)c2ccc(OC(F)F)c(OCC3CC3)c2)cc1. The third kappa shape index (κ3) is 8.61. The minimum atomic E-state index is -3.07. The molecule has 43 heavy (non-hydrogen) atoms. The number of benzene rings is 2. The first-order valence-electron chi connectivity index (χ1n) is 13.8. The van der Waals surface area contributed by atoms with Crippen molar-refractivity contribution >= 4 is 40.9 Å². The molecule has 1 aromatic heterocycles. The van der Waals surface area contributed by atoms with Crippen molar-refractivity contribution in [2.45, 2.75) is 44.8 Å². The maximum absolute atomic E-state index is 13.3. The third-order valence-corrected chi connectivity index (χ3v) is 7.81. The van der Waals surface area contributed by atoms with Crippen LogP contribution >= 0.6 is 23.2 Å². The largest absolute Gasteiger partial charge is 0.489 e. The average molecular weight is 636 g/mol. The maximum Gasteiger partial charge on any atom is 0.387 e. The maximum atomic E-state index is 13.3. The molecular formula is C30H29Cl2F2N3O6. The lowest BCUT2D eigenvalue weighted by Crippen LogP contribution is -2.30. The summed E-state index contributed by atoms with van der Waals surface area (Å²) in [5.74, 6) is 0.0289. The van der Waals surface area contributed by atoms with E-state index in [-0.39, 0.29) is 45.1 Å². The lowest BCUT2D eigenvalue weighted by Gasteiger charge is -2.21. The summed E-state index contributed by atoms with van der Waals surface area (Å²) >= 11 is 12.6. The number of carbonyl (C=O) groups is 2. The molecule has 3 N–H and O–H groups in total. The van der Waals surface area contributed by atoms with Crippen LogP contribution in [-0.4, -0.2) is 36.7 Å². The Morgan fingerprint density at radius 1 is 1.00 bits per heavy atom. The highest BCUT2D eigenvalue weighted by Gasteiger charge is 2.27. The summed E-state index contributed by atoms with van der Waals surface area (Å²) in [6.45, 7) is -2.14. The van der Waals surface area contributed by atoms with Crippen molar-refractivity contribution < 1.29 is 32.6 Å². The highest BCUT2D eigenvalue weighted by atomic mass is 35.5. The summed E-state index contributed by atoms with van der Waals surface area (Å²) in [7, 11) is 0. The highest BCUT2D eigenvalue weighted by molar-refractivity contribution is 6.35. The van der Waals surface area contributed by atoms with Crippen LogP contribution in [0.5, 0.6) is 11.5 Å². The Bertz CT molecular complexity index is 1530. The fourth-order valence-corrected chi connectivity index (χ4v) is 4.77. The summed E-state index contributed by atoms with van der Waals surface area (Å²) in [6, 6.07) is 10.00. The van der Waals surface area contributed by atoms with Gasteiger partial charge in [0.15, 0.2) is 11.5 Å². The first kappa shape index (κ1) is 30.6. The molecule has 9 nitrogen and oxygen atoms in total. The van der Waals surface area contributed by atoms with Crippen LogP contribution in [0.15, 0.2) is 53.5 Å². The number of nitrogens with one attached hydrogen (secondary N) is 3. The molecule has 1 heterocycles. The molecule has 5 rings (SSSR count). The zero-order chi connectivity index (χ0) is 30.5.